The molecule has 144 valence electrons. The highest BCUT2D eigenvalue weighted by molar-refractivity contribution is 7.17. The summed E-state index contributed by atoms with van der Waals surface area (Å²) in [4.78, 5) is 17.5. The van der Waals surface area contributed by atoms with Crippen LogP contribution in [-0.2, 0) is 13.2 Å². The number of hydrogen-bond donors (Lipinski definition) is 0. The van der Waals surface area contributed by atoms with Crippen LogP contribution in [0, 0.1) is 0 Å². The van der Waals surface area contributed by atoms with E-state index in [2.05, 4.69) is 6.07 Å². The van der Waals surface area contributed by atoms with Crippen LogP contribution in [0.1, 0.15) is 53.1 Å². The molecule has 1 aromatic carbocycles. The van der Waals surface area contributed by atoms with Gasteiger partial charge in [-0.05, 0) is 43.2 Å². The molecule has 0 unspecified atom stereocenters. The van der Waals surface area contributed by atoms with Gasteiger partial charge >= 0.3 is 0 Å². The van der Waals surface area contributed by atoms with Crippen LogP contribution in [0.15, 0.2) is 53.1 Å². The van der Waals surface area contributed by atoms with Gasteiger partial charge in [0.05, 0.1) is 17.7 Å². The first-order valence-electron chi connectivity index (χ1n) is 9.98. The molecule has 1 aliphatic heterocycles. The van der Waals surface area contributed by atoms with Gasteiger partial charge in [0.1, 0.15) is 18.1 Å². The Morgan fingerprint density at radius 2 is 1.96 bits per heavy atom. The number of nitrogens with zero attached hydrogens (tertiary/aromatic N) is 1. The van der Waals surface area contributed by atoms with E-state index in [1.54, 1.807) is 17.6 Å². The second-order valence-corrected chi connectivity index (χ2v) is 8.61. The molecule has 2 aliphatic rings. The summed E-state index contributed by atoms with van der Waals surface area (Å²) >= 11 is 1.59. The Balaban J connectivity index is 1.47. The molecule has 1 saturated carbocycles. The number of ether oxygens (including phenoxy) is 1. The SMILES string of the molecule is O=C(c1cc2c(s1)-c1ccccc1OC2)N(Cc1ccco1)C1CCCCC1. The summed E-state index contributed by atoms with van der Waals surface area (Å²) in [6, 6.07) is 14.2. The third-order valence-corrected chi connectivity index (χ3v) is 6.92. The first-order valence-corrected chi connectivity index (χ1v) is 10.8. The van der Waals surface area contributed by atoms with Crippen LogP contribution in [0.4, 0.5) is 0 Å². The summed E-state index contributed by atoms with van der Waals surface area (Å²) in [5.41, 5.74) is 2.19. The minimum Gasteiger partial charge on any atom is -0.488 e. The first-order chi connectivity index (χ1) is 13.8. The van der Waals surface area contributed by atoms with E-state index >= 15 is 0 Å². The van der Waals surface area contributed by atoms with Crippen LogP contribution in [-0.4, -0.2) is 16.8 Å². The zero-order valence-corrected chi connectivity index (χ0v) is 16.5. The Labute approximate surface area is 168 Å². The van der Waals surface area contributed by atoms with Crippen LogP contribution < -0.4 is 4.74 Å². The molecule has 1 aliphatic carbocycles. The molecule has 3 heterocycles. The Hall–Kier alpha value is -2.53. The molecule has 28 heavy (non-hydrogen) atoms. The van der Waals surface area contributed by atoms with Crippen molar-refractivity contribution in [2.24, 2.45) is 0 Å². The van der Waals surface area contributed by atoms with Gasteiger partial charge in [-0.3, -0.25) is 4.79 Å². The van der Waals surface area contributed by atoms with E-state index < -0.39 is 0 Å². The second-order valence-electron chi connectivity index (χ2n) is 7.55. The van der Waals surface area contributed by atoms with Gasteiger partial charge in [0.2, 0.25) is 0 Å². The number of para-hydroxylation sites is 1. The monoisotopic (exact) mass is 393 g/mol. The Kier molecular flexibility index (Phi) is 4.69. The number of amides is 1. The molecule has 1 amide bonds. The third kappa shape index (κ3) is 3.24. The quantitative estimate of drug-likeness (QED) is 0.556. The van der Waals surface area contributed by atoms with Gasteiger partial charge in [-0.1, -0.05) is 31.4 Å². The summed E-state index contributed by atoms with van der Waals surface area (Å²) in [5.74, 6) is 1.85. The summed E-state index contributed by atoms with van der Waals surface area (Å²) < 4.78 is 11.4. The van der Waals surface area contributed by atoms with Gasteiger partial charge in [0.15, 0.2) is 0 Å². The second kappa shape index (κ2) is 7.47. The highest BCUT2D eigenvalue weighted by Crippen LogP contribution is 2.43. The minimum absolute atomic E-state index is 0.111. The van der Waals surface area contributed by atoms with Crippen LogP contribution in [0.3, 0.4) is 0 Å². The Morgan fingerprint density at radius 3 is 2.79 bits per heavy atom. The van der Waals surface area contributed by atoms with Crippen molar-refractivity contribution in [3.63, 3.8) is 0 Å². The maximum Gasteiger partial charge on any atom is 0.264 e. The number of hydrogen-bond acceptors (Lipinski definition) is 4. The lowest BCUT2D eigenvalue weighted by Gasteiger charge is -2.33. The minimum atomic E-state index is 0.111. The first kappa shape index (κ1) is 17.6. The summed E-state index contributed by atoms with van der Waals surface area (Å²) in [6.45, 7) is 1.06. The molecule has 5 rings (SSSR count). The normalized spacial score (nSPS) is 16.1. The Morgan fingerprint density at radius 1 is 1.11 bits per heavy atom. The van der Waals surface area contributed by atoms with Crippen LogP contribution >= 0.6 is 11.3 Å². The fourth-order valence-electron chi connectivity index (χ4n) is 4.28. The molecule has 5 heteroatoms. The molecular weight excluding hydrogens is 370 g/mol. The van der Waals surface area contributed by atoms with Crippen molar-refractivity contribution in [2.45, 2.75) is 51.3 Å². The molecule has 3 aromatic rings. The third-order valence-electron chi connectivity index (χ3n) is 5.72. The van der Waals surface area contributed by atoms with E-state index in [4.69, 9.17) is 9.15 Å². The molecule has 2 aromatic heterocycles. The number of furan rings is 1. The van der Waals surface area contributed by atoms with Crippen molar-refractivity contribution in [3.05, 3.63) is 64.9 Å². The summed E-state index contributed by atoms with van der Waals surface area (Å²) in [5, 5.41) is 0. The maximum atomic E-state index is 13.6. The van der Waals surface area contributed by atoms with Crippen LogP contribution in [0.2, 0.25) is 0 Å². The molecule has 0 N–H and O–H groups in total. The largest absolute Gasteiger partial charge is 0.488 e. The number of fused-ring (bicyclic) bond motifs is 3. The predicted octanol–water partition coefficient (Wildman–Crippen LogP) is 5.88. The molecule has 0 bridgehead atoms. The van der Waals surface area contributed by atoms with Crippen molar-refractivity contribution in [1.82, 2.24) is 4.90 Å². The molecular formula is C23H23NO3S. The van der Waals surface area contributed by atoms with Gasteiger partial charge in [0, 0.05) is 22.0 Å². The van der Waals surface area contributed by atoms with E-state index in [0.29, 0.717) is 13.2 Å². The number of carbonyl (C=O) groups excluding carboxylic acids is 1. The summed E-state index contributed by atoms with van der Waals surface area (Å²) in [7, 11) is 0. The fraction of sp³-hybridized carbons (Fsp3) is 0.348. The standard InChI is InChI=1S/C23H23NO3S/c25-23(24(14-18-9-6-12-26-18)17-7-2-1-3-8-17)21-13-16-15-27-20-11-5-4-10-19(20)22(16)28-21/h4-6,9-13,17H,1-3,7-8,14-15H2. The van der Waals surface area contributed by atoms with Gasteiger partial charge in [-0.15, -0.1) is 11.3 Å². The molecule has 0 atom stereocenters. The molecule has 0 radical (unpaired) electrons. The van der Waals surface area contributed by atoms with Gasteiger partial charge in [-0.25, -0.2) is 0 Å². The molecule has 0 spiro atoms. The van der Waals surface area contributed by atoms with E-state index in [-0.39, 0.29) is 11.9 Å². The fourth-order valence-corrected chi connectivity index (χ4v) is 5.43. The van der Waals surface area contributed by atoms with Gasteiger partial charge in [-0.2, -0.15) is 0 Å². The predicted molar refractivity (Wildman–Crippen MR) is 110 cm³/mol. The highest BCUT2D eigenvalue weighted by Gasteiger charge is 2.30. The lowest BCUT2D eigenvalue weighted by molar-refractivity contribution is 0.0601. The van der Waals surface area contributed by atoms with E-state index in [0.717, 1.165) is 45.2 Å². The van der Waals surface area contributed by atoms with Crippen molar-refractivity contribution in [2.75, 3.05) is 0 Å². The lowest BCUT2D eigenvalue weighted by atomic mass is 9.94. The van der Waals surface area contributed by atoms with Gasteiger partial charge < -0.3 is 14.1 Å². The molecule has 1 fully saturated rings. The number of carbonyl (C=O) groups is 1. The zero-order chi connectivity index (χ0) is 18.9. The Bertz CT molecular complexity index is 970. The van der Waals surface area contributed by atoms with Crippen molar-refractivity contribution >= 4 is 17.2 Å². The van der Waals surface area contributed by atoms with E-state index in [1.807, 2.05) is 41.3 Å². The van der Waals surface area contributed by atoms with E-state index in [9.17, 15) is 4.79 Å². The number of benzene rings is 1. The maximum absolute atomic E-state index is 13.6. The van der Waals surface area contributed by atoms with Crippen molar-refractivity contribution in [3.8, 4) is 16.2 Å². The topological polar surface area (TPSA) is 42.7 Å². The smallest absolute Gasteiger partial charge is 0.264 e. The number of rotatable bonds is 4. The zero-order valence-electron chi connectivity index (χ0n) is 15.7. The summed E-state index contributed by atoms with van der Waals surface area (Å²) in [6.07, 6.45) is 7.47. The average molecular weight is 394 g/mol. The molecule has 0 saturated heterocycles. The van der Waals surface area contributed by atoms with Crippen molar-refractivity contribution < 1.29 is 13.9 Å². The van der Waals surface area contributed by atoms with Crippen LogP contribution in [0.5, 0.6) is 5.75 Å². The average Bonchev–Trinajstić information content (AvgIpc) is 3.42. The van der Waals surface area contributed by atoms with Gasteiger partial charge in [0.25, 0.3) is 5.91 Å². The van der Waals surface area contributed by atoms with E-state index in [1.165, 1.54) is 19.3 Å². The molecule has 4 nitrogen and oxygen atoms in total. The lowest BCUT2D eigenvalue weighted by Crippen LogP contribution is -2.40. The number of thiophene rings is 1. The van der Waals surface area contributed by atoms with Crippen LogP contribution in [0.25, 0.3) is 10.4 Å². The van der Waals surface area contributed by atoms with Crippen molar-refractivity contribution in [1.29, 1.82) is 0 Å². The highest BCUT2D eigenvalue weighted by atomic mass is 32.1.